The Balaban J connectivity index is 0.868. The zero-order valence-electron chi connectivity index (χ0n) is 48.8. The number of ketones is 2. The van der Waals surface area contributed by atoms with E-state index in [1.807, 2.05) is 92.4 Å². The Bertz CT molecular complexity index is 3480. The Kier molecular flexibility index (Phi) is 19.3. The first-order chi connectivity index (χ1) is 40.1. The van der Waals surface area contributed by atoms with Crippen molar-refractivity contribution < 1.29 is 60.7 Å². The van der Waals surface area contributed by atoms with E-state index >= 15 is 0 Å². The summed E-state index contributed by atoms with van der Waals surface area (Å²) in [6.45, 7) is 10.7. The van der Waals surface area contributed by atoms with Crippen LogP contribution in [0, 0.1) is 12.8 Å². The molecule has 4 aliphatic rings. The Morgan fingerprint density at radius 3 is 2.08 bits per heavy atom. The lowest BCUT2D eigenvalue weighted by Crippen LogP contribution is -2.43. The highest BCUT2D eigenvalue weighted by atomic mass is 33.1. The molecule has 0 fully saturated rings. The van der Waals surface area contributed by atoms with Crippen LogP contribution in [0.1, 0.15) is 133 Å². The number of anilines is 3. The van der Waals surface area contributed by atoms with E-state index in [1.165, 1.54) is 28.7 Å². The Morgan fingerprint density at radius 2 is 1.40 bits per heavy atom. The van der Waals surface area contributed by atoms with Crippen LogP contribution in [0.5, 0.6) is 17.2 Å². The van der Waals surface area contributed by atoms with Gasteiger partial charge < -0.3 is 39.8 Å². The molecule has 9 rings (SSSR count). The van der Waals surface area contributed by atoms with Crippen LogP contribution in [0.25, 0.3) is 0 Å². The smallest absolute Gasteiger partial charge is 0.277 e. The maximum Gasteiger partial charge on any atom is 0.277 e. The summed E-state index contributed by atoms with van der Waals surface area (Å²) in [5, 5.41) is 16.1. The fourth-order valence-electron chi connectivity index (χ4n) is 11.6. The molecule has 2 unspecified atom stereocenters. The molecule has 20 heteroatoms. The number of aliphatic hydroxyl groups is 1. The van der Waals surface area contributed by atoms with Crippen molar-refractivity contribution in [2.75, 3.05) is 35.1 Å². The van der Waals surface area contributed by atoms with Gasteiger partial charge in [0, 0.05) is 76.3 Å². The van der Waals surface area contributed by atoms with Gasteiger partial charge in [0.25, 0.3) is 21.9 Å². The van der Waals surface area contributed by atoms with E-state index in [2.05, 4.69) is 20.9 Å². The number of hydrogen-bond acceptors (Lipinski definition) is 15. The number of amides is 4. The first kappa shape index (κ1) is 61.8. The number of para-hydroxylation sites is 2. The summed E-state index contributed by atoms with van der Waals surface area (Å²) in [5.74, 6) is -0.801. The molecule has 446 valence electrons. The van der Waals surface area contributed by atoms with E-state index in [0.29, 0.717) is 75.8 Å². The van der Waals surface area contributed by atoms with E-state index in [1.54, 1.807) is 43.9 Å². The number of Topliss-reactive ketones (excluding diaryl/α,β-unsaturated/α-hetero) is 2. The number of aryl methyl sites for hydroxylation is 2. The third-order valence-electron chi connectivity index (χ3n) is 16.3. The summed E-state index contributed by atoms with van der Waals surface area (Å²) in [4.78, 5) is 85.1. The van der Waals surface area contributed by atoms with Gasteiger partial charge in [0.05, 0.1) is 32.4 Å². The molecule has 6 atom stereocenters. The average Bonchev–Trinajstić information content (AvgIpc) is 2.66. The van der Waals surface area contributed by atoms with Gasteiger partial charge in [-0.1, -0.05) is 71.8 Å². The summed E-state index contributed by atoms with van der Waals surface area (Å²) >= 11 is 0. The van der Waals surface area contributed by atoms with E-state index in [4.69, 9.17) is 14.2 Å². The number of fused-ring (bicyclic) bond motifs is 8. The molecule has 4 aliphatic heterocycles. The van der Waals surface area contributed by atoms with Crippen molar-refractivity contribution in [1.82, 2.24) is 5.32 Å². The van der Waals surface area contributed by atoms with Crippen LogP contribution in [-0.4, -0.2) is 103 Å². The highest BCUT2D eigenvalue weighted by molar-refractivity contribution is 8.77. The minimum absolute atomic E-state index is 0.0312. The number of carbonyl (C=O) groups is 6. The molecule has 0 saturated carbocycles. The van der Waals surface area contributed by atoms with Crippen molar-refractivity contribution in [3.05, 3.63) is 141 Å². The summed E-state index contributed by atoms with van der Waals surface area (Å²) < 4.78 is 47.7. The standard InChI is InChI=1S/C64H74N4O13S3/c1-9-53(69)59(84(76,77)79-8)21-23-82-83-64(5,6)22-20-60(72)65-39(4)54(70)25-38(3)61(73)66-46-27-40(35-80-56-33-45-31-55(71)52-30-44-15-11-13-17-51(44)68(52)63(75)48(45)24-37(56)2)26-41(28-46)36-81-58-32-42-18-19-47-29-43-14-10-12-16-50(43)67(47)62(74)49(42)34-57(58)78-7/h10-17,24,26-28,32-34,38-39,47,52,55,59,71H,9,18-23,25,29-31,35-36H2,1-8H3,(H,65,72)(H,66,73)/t38-,39-,47+,52-,55?,59?/m0/s1. The largest absolute Gasteiger partial charge is 0.493 e. The van der Waals surface area contributed by atoms with Crippen molar-refractivity contribution in [3.63, 3.8) is 0 Å². The summed E-state index contributed by atoms with van der Waals surface area (Å²) in [5.41, 5.74) is 9.00. The number of benzene rings is 5. The lowest BCUT2D eigenvalue weighted by Gasteiger charge is -2.26. The molecule has 0 bridgehead atoms. The minimum atomic E-state index is -4.01. The lowest BCUT2D eigenvalue weighted by atomic mass is 9.96. The molecule has 84 heavy (non-hydrogen) atoms. The summed E-state index contributed by atoms with van der Waals surface area (Å²) in [6, 6.07) is 27.3. The average molecular weight is 1200 g/mol. The number of carbonyl (C=O) groups excluding carboxylic acids is 6. The maximum atomic E-state index is 14.2. The molecular weight excluding hydrogens is 1130 g/mol. The van der Waals surface area contributed by atoms with Gasteiger partial charge in [-0.15, -0.1) is 0 Å². The van der Waals surface area contributed by atoms with Gasteiger partial charge in [-0.2, -0.15) is 8.42 Å². The van der Waals surface area contributed by atoms with Crippen LogP contribution in [0.15, 0.2) is 91.0 Å². The summed E-state index contributed by atoms with van der Waals surface area (Å²) in [7, 11) is 1.47. The molecule has 0 spiro atoms. The molecule has 0 aliphatic carbocycles. The van der Waals surface area contributed by atoms with E-state index in [-0.39, 0.29) is 74.9 Å². The number of aliphatic hydroxyl groups excluding tert-OH is 1. The second-order valence-electron chi connectivity index (χ2n) is 22.9. The highest BCUT2D eigenvalue weighted by Crippen LogP contribution is 2.43. The predicted molar refractivity (Wildman–Crippen MR) is 327 cm³/mol. The van der Waals surface area contributed by atoms with Crippen molar-refractivity contribution in [2.24, 2.45) is 5.92 Å². The van der Waals surface area contributed by atoms with Gasteiger partial charge in [0.2, 0.25) is 11.8 Å². The molecule has 0 aromatic heterocycles. The molecule has 3 N–H and O–H groups in total. The van der Waals surface area contributed by atoms with E-state index in [9.17, 15) is 42.3 Å². The fourth-order valence-corrected chi connectivity index (χ4v) is 15.5. The van der Waals surface area contributed by atoms with Crippen molar-refractivity contribution in [1.29, 1.82) is 0 Å². The third kappa shape index (κ3) is 13.8. The van der Waals surface area contributed by atoms with Crippen molar-refractivity contribution >= 4 is 84.0 Å². The summed E-state index contributed by atoms with van der Waals surface area (Å²) in [6.07, 6.45) is 2.82. The predicted octanol–water partition coefficient (Wildman–Crippen LogP) is 9.86. The molecule has 4 amide bonds. The van der Waals surface area contributed by atoms with Gasteiger partial charge in [-0.05, 0) is 160 Å². The molecule has 0 radical (unpaired) electrons. The number of ether oxygens (including phenoxy) is 3. The van der Waals surface area contributed by atoms with Crippen molar-refractivity contribution in [2.45, 2.75) is 153 Å². The molecule has 5 aromatic rings. The van der Waals surface area contributed by atoms with Crippen LogP contribution < -0.4 is 34.6 Å². The highest BCUT2D eigenvalue weighted by Gasteiger charge is 2.42. The number of rotatable bonds is 25. The molecule has 17 nitrogen and oxygen atoms in total. The monoisotopic (exact) mass is 1200 g/mol. The SMILES string of the molecule is CCC(=O)C(CCSSC(C)(C)CCC(=O)N[C@@H](C)C(=O)C[C@H](C)C(=O)Nc1cc(COc2cc3c(cc2C)C(=O)N2c4ccccc4C[C@H]2C(O)C3)cc(COc2cc3c(cc2OC)C(=O)N2c4ccccc4C[C@H]2CC3)c1)S(=O)(=O)OC. The number of nitrogens with one attached hydrogen (secondary N) is 2. The van der Waals surface area contributed by atoms with Gasteiger partial charge in [0.15, 0.2) is 23.1 Å². The quantitative estimate of drug-likeness (QED) is 0.0281. The molecular formula is C64H74N4O13S3. The molecule has 5 aromatic carbocycles. The van der Waals surface area contributed by atoms with Gasteiger partial charge in [-0.3, -0.25) is 33.0 Å². The normalized spacial score (nSPS) is 18.1. The van der Waals surface area contributed by atoms with Crippen molar-refractivity contribution in [3.8, 4) is 17.2 Å². The van der Waals surface area contributed by atoms with Gasteiger partial charge >= 0.3 is 0 Å². The van der Waals surface area contributed by atoms with Crippen LogP contribution in [-0.2, 0) is 72.4 Å². The molecule has 0 saturated heterocycles. The Labute approximate surface area is 499 Å². The van der Waals surface area contributed by atoms with Crippen LogP contribution in [0.4, 0.5) is 17.1 Å². The number of methoxy groups -OCH3 is 1. The topological polar surface area (TPSA) is 224 Å². The fraction of sp³-hybridized carbons (Fsp3) is 0.438. The zero-order valence-corrected chi connectivity index (χ0v) is 51.2. The first-order valence-corrected chi connectivity index (χ1v) is 32.4. The van der Waals surface area contributed by atoms with Crippen LogP contribution in [0.3, 0.4) is 0 Å². The minimum Gasteiger partial charge on any atom is -0.493 e. The second kappa shape index (κ2) is 26.3. The Morgan fingerprint density at radius 1 is 0.774 bits per heavy atom. The second-order valence-corrected chi connectivity index (χ2v) is 27.9. The molecule has 4 heterocycles. The number of nitrogens with zero attached hydrogens (tertiary/aromatic N) is 2. The van der Waals surface area contributed by atoms with E-state index in [0.717, 1.165) is 53.6 Å². The van der Waals surface area contributed by atoms with Crippen LogP contribution >= 0.6 is 21.6 Å². The van der Waals surface area contributed by atoms with Gasteiger partial charge in [0.1, 0.15) is 24.2 Å². The lowest BCUT2D eigenvalue weighted by molar-refractivity contribution is -0.129. The zero-order chi connectivity index (χ0) is 60.2. The van der Waals surface area contributed by atoms with E-state index < -0.39 is 55.9 Å². The third-order valence-corrected chi connectivity index (χ3v) is 21.3. The van der Waals surface area contributed by atoms with Gasteiger partial charge in [-0.25, -0.2) is 0 Å². The first-order valence-electron chi connectivity index (χ1n) is 28.6. The maximum absolute atomic E-state index is 14.2. The van der Waals surface area contributed by atoms with Crippen LogP contribution in [0.2, 0.25) is 0 Å². The number of hydrogen-bond donors (Lipinski definition) is 3. The Hall–Kier alpha value is -6.71.